The predicted octanol–water partition coefficient (Wildman–Crippen LogP) is 2.38. The molecular weight excluding hydrogens is 162 g/mol. The van der Waals surface area contributed by atoms with Crippen molar-refractivity contribution in [2.24, 2.45) is 4.99 Å². The van der Waals surface area contributed by atoms with E-state index in [-0.39, 0.29) is 0 Å². The fraction of sp³-hybridized carbons (Fsp3) is 0.300. The summed E-state index contributed by atoms with van der Waals surface area (Å²) in [4.78, 5) is 4.03. The molecule has 0 aromatic carbocycles. The second-order valence-corrected chi connectivity index (χ2v) is 2.53. The van der Waals surface area contributed by atoms with Gasteiger partial charge >= 0.3 is 0 Å². The van der Waals surface area contributed by atoms with Gasteiger partial charge in [-0.3, -0.25) is 10.1 Å². The van der Waals surface area contributed by atoms with Crippen molar-refractivity contribution in [3.8, 4) is 0 Å². The van der Waals surface area contributed by atoms with E-state index >= 15 is 0 Å². The molecule has 0 spiro atoms. The van der Waals surface area contributed by atoms with E-state index in [1.165, 1.54) is 0 Å². The molecule has 13 heavy (non-hydrogen) atoms. The first-order chi connectivity index (χ1) is 6.29. The van der Waals surface area contributed by atoms with E-state index in [1.54, 1.807) is 6.34 Å². The highest BCUT2D eigenvalue weighted by molar-refractivity contribution is 5.78. The minimum absolute atomic E-state index is 0.803. The summed E-state index contributed by atoms with van der Waals surface area (Å²) in [7, 11) is 0. The molecule has 3 nitrogen and oxygen atoms in total. The van der Waals surface area contributed by atoms with Gasteiger partial charge in [0.15, 0.2) is 0 Å². The molecular formula is C10H15N3. The molecule has 0 aliphatic carbocycles. The molecule has 1 N–H and O–H groups in total. The Hall–Kier alpha value is -1.51. The summed E-state index contributed by atoms with van der Waals surface area (Å²) in [6, 6.07) is 4.03. The normalized spacial score (nSPS) is 12.7. The van der Waals surface area contributed by atoms with Crippen LogP contribution < -0.4 is 5.43 Å². The van der Waals surface area contributed by atoms with Crippen LogP contribution in [-0.2, 0) is 0 Å². The lowest BCUT2D eigenvalue weighted by Gasteiger charge is -2.14. The van der Waals surface area contributed by atoms with Gasteiger partial charge < -0.3 is 0 Å². The van der Waals surface area contributed by atoms with Crippen LogP contribution in [0.2, 0.25) is 0 Å². The number of rotatable bonds is 0. The van der Waals surface area contributed by atoms with Crippen LogP contribution in [0.3, 0.4) is 0 Å². The molecule has 70 valence electrons. The van der Waals surface area contributed by atoms with Crippen molar-refractivity contribution in [3.63, 3.8) is 0 Å². The third kappa shape index (κ3) is 1.64. The Morgan fingerprint density at radius 2 is 2.08 bits per heavy atom. The minimum Gasteiger partial charge on any atom is -0.283 e. The van der Waals surface area contributed by atoms with Crippen LogP contribution >= 0.6 is 0 Å². The third-order valence-electron chi connectivity index (χ3n) is 1.78. The highest BCUT2D eigenvalue weighted by Crippen LogP contribution is 2.17. The number of fused-ring (bicyclic) bond motifs is 1. The van der Waals surface area contributed by atoms with Gasteiger partial charge in [0.25, 0.3) is 0 Å². The number of hydrogen-bond donors (Lipinski definition) is 1. The van der Waals surface area contributed by atoms with Gasteiger partial charge in [0.1, 0.15) is 6.34 Å². The summed E-state index contributed by atoms with van der Waals surface area (Å²) >= 11 is 0. The van der Waals surface area contributed by atoms with Gasteiger partial charge in [-0.1, -0.05) is 20.4 Å². The van der Waals surface area contributed by atoms with E-state index in [1.807, 2.05) is 37.6 Å². The van der Waals surface area contributed by atoms with E-state index in [2.05, 4.69) is 17.0 Å². The Bertz CT molecular complexity index is 334. The van der Waals surface area contributed by atoms with E-state index in [0.717, 1.165) is 17.1 Å². The van der Waals surface area contributed by atoms with Gasteiger partial charge in [-0.15, -0.1) is 0 Å². The molecule has 2 rings (SSSR count). The lowest BCUT2D eigenvalue weighted by atomic mass is 10.3. The van der Waals surface area contributed by atoms with Gasteiger partial charge in [0, 0.05) is 5.69 Å². The molecule has 0 fully saturated rings. The van der Waals surface area contributed by atoms with Gasteiger partial charge in [-0.25, -0.2) is 4.99 Å². The Morgan fingerprint density at radius 3 is 2.69 bits per heavy atom. The van der Waals surface area contributed by atoms with Crippen molar-refractivity contribution < 1.29 is 0 Å². The first kappa shape index (κ1) is 9.58. The van der Waals surface area contributed by atoms with E-state index < -0.39 is 0 Å². The van der Waals surface area contributed by atoms with Crippen LogP contribution in [0.25, 0.3) is 5.70 Å². The second kappa shape index (κ2) is 3.94. The number of nitrogens with one attached hydrogen (secondary N) is 1. The zero-order valence-corrected chi connectivity index (χ0v) is 8.33. The minimum atomic E-state index is 0.803. The summed E-state index contributed by atoms with van der Waals surface area (Å²) in [6.45, 7) is 9.84. The van der Waals surface area contributed by atoms with Crippen molar-refractivity contribution in [1.82, 2.24) is 4.68 Å². The Kier molecular flexibility index (Phi) is 2.90. The molecule has 1 aliphatic heterocycles. The van der Waals surface area contributed by atoms with E-state index in [9.17, 15) is 0 Å². The summed E-state index contributed by atoms with van der Waals surface area (Å²) in [5, 5.41) is 0. The number of nitrogens with zero attached hydrogens (tertiary/aromatic N) is 2. The average Bonchev–Trinajstić information content (AvgIpc) is 2.53. The van der Waals surface area contributed by atoms with Gasteiger partial charge in [-0.05, 0) is 19.1 Å². The van der Waals surface area contributed by atoms with Crippen molar-refractivity contribution in [2.45, 2.75) is 20.8 Å². The molecule has 1 aromatic heterocycles. The first-order valence-corrected chi connectivity index (χ1v) is 4.46. The number of hydrogen-bond acceptors (Lipinski definition) is 2. The number of aliphatic imine (C=N–C) groups is 1. The molecule has 0 atom stereocenters. The zero-order valence-electron chi connectivity index (χ0n) is 8.33. The van der Waals surface area contributed by atoms with Crippen LogP contribution in [0.15, 0.2) is 23.7 Å². The monoisotopic (exact) mass is 177 g/mol. The molecule has 1 aromatic rings. The SMILES string of the molecule is C=C1N=CNn2c(C)ccc21.CC. The van der Waals surface area contributed by atoms with Crippen LogP contribution in [0, 0.1) is 6.92 Å². The summed E-state index contributed by atoms with van der Waals surface area (Å²) in [5.74, 6) is 0. The van der Waals surface area contributed by atoms with Gasteiger partial charge in [0.2, 0.25) is 0 Å². The molecule has 0 bridgehead atoms. The van der Waals surface area contributed by atoms with Crippen LogP contribution in [0.1, 0.15) is 25.2 Å². The van der Waals surface area contributed by atoms with E-state index in [4.69, 9.17) is 0 Å². The van der Waals surface area contributed by atoms with Crippen molar-refractivity contribution >= 4 is 12.0 Å². The molecule has 1 aliphatic rings. The Labute approximate surface area is 78.8 Å². The van der Waals surface area contributed by atoms with E-state index in [0.29, 0.717) is 0 Å². The standard InChI is InChI=1S/C8H9N3.C2H6/c1-6-3-4-8-7(2)9-5-10-11(6)8;1-2/h3-5H,2H2,1H3,(H,9,10);1-2H3. The fourth-order valence-electron chi connectivity index (χ4n) is 1.17. The molecule has 0 unspecified atom stereocenters. The first-order valence-electron chi connectivity index (χ1n) is 4.46. The lowest BCUT2D eigenvalue weighted by molar-refractivity contribution is 0.913. The third-order valence-corrected chi connectivity index (χ3v) is 1.78. The fourth-order valence-corrected chi connectivity index (χ4v) is 1.17. The molecule has 0 saturated carbocycles. The molecule has 0 saturated heterocycles. The number of aromatic nitrogens is 1. The maximum Gasteiger partial charge on any atom is 0.108 e. The highest BCUT2D eigenvalue weighted by atomic mass is 15.4. The van der Waals surface area contributed by atoms with Crippen LogP contribution in [-0.4, -0.2) is 11.0 Å². The molecule has 3 heteroatoms. The highest BCUT2D eigenvalue weighted by Gasteiger charge is 2.09. The largest absolute Gasteiger partial charge is 0.283 e. The van der Waals surface area contributed by atoms with Crippen molar-refractivity contribution in [1.29, 1.82) is 0 Å². The zero-order chi connectivity index (χ0) is 9.84. The summed E-state index contributed by atoms with van der Waals surface area (Å²) in [6.07, 6.45) is 1.64. The topological polar surface area (TPSA) is 29.3 Å². The quantitative estimate of drug-likeness (QED) is 0.647. The molecule has 0 radical (unpaired) electrons. The second-order valence-electron chi connectivity index (χ2n) is 2.53. The molecule has 2 heterocycles. The maximum atomic E-state index is 4.03. The van der Waals surface area contributed by atoms with Crippen LogP contribution in [0.5, 0.6) is 0 Å². The van der Waals surface area contributed by atoms with Crippen molar-refractivity contribution in [2.75, 3.05) is 5.43 Å². The summed E-state index contributed by atoms with van der Waals surface area (Å²) in [5.41, 5.74) is 6.00. The van der Waals surface area contributed by atoms with Crippen molar-refractivity contribution in [3.05, 3.63) is 30.1 Å². The Morgan fingerprint density at radius 1 is 1.38 bits per heavy atom. The maximum absolute atomic E-state index is 4.03. The number of aryl methyl sites for hydroxylation is 1. The lowest BCUT2D eigenvalue weighted by Crippen LogP contribution is -2.19. The van der Waals surface area contributed by atoms with Gasteiger partial charge in [-0.2, -0.15) is 0 Å². The smallest absolute Gasteiger partial charge is 0.108 e. The Balaban J connectivity index is 0.000000396. The molecule has 0 amide bonds. The van der Waals surface area contributed by atoms with Gasteiger partial charge in [0.05, 0.1) is 11.4 Å². The summed E-state index contributed by atoms with van der Waals surface area (Å²) < 4.78 is 1.95. The predicted molar refractivity (Wildman–Crippen MR) is 57.4 cm³/mol. The van der Waals surface area contributed by atoms with Crippen LogP contribution in [0.4, 0.5) is 0 Å². The average molecular weight is 177 g/mol.